The third-order valence-corrected chi connectivity index (χ3v) is 4.42. The van der Waals surface area contributed by atoms with Gasteiger partial charge in [-0.15, -0.1) is 0 Å². The summed E-state index contributed by atoms with van der Waals surface area (Å²) < 4.78 is 0. The zero-order chi connectivity index (χ0) is 12.2. The second kappa shape index (κ2) is 6.02. The molecule has 0 aromatic heterocycles. The lowest BCUT2D eigenvalue weighted by Crippen LogP contribution is -2.50. The van der Waals surface area contributed by atoms with Crippen molar-refractivity contribution in [1.29, 1.82) is 0 Å². The second-order valence-electron chi connectivity index (χ2n) is 6.27. The summed E-state index contributed by atoms with van der Waals surface area (Å²) in [7, 11) is 4.32. The van der Waals surface area contributed by atoms with Gasteiger partial charge in [-0.1, -0.05) is 19.3 Å². The summed E-state index contributed by atoms with van der Waals surface area (Å²) in [5.41, 5.74) is 0.253. The second-order valence-corrected chi connectivity index (χ2v) is 6.27. The van der Waals surface area contributed by atoms with Crippen molar-refractivity contribution in [2.45, 2.75) is 64.5 Å². The van der Waals surface area contributed by atoms with Crippen LogP contribution in [0.25, 0.3) is 0 Å². The molecule has 0 radical (unpaired) electrons. The molecule has 0 aromatic carbocycles. The summed E-state index contributed by atoms with van der Waals surface area (Å²) in [5.74, 6) is 0.909. The van der Waals surface area contributed by atoms with Crippen LogP contribution < -0.4 is 5.32 Å². The summed E-state index contributed by atoms with van der Waals surface area (Å²) >= 11 is 0. The maximum Gasteiger partial charge on any atom is 0.0271 e. The van der Waals surface area contributed by atoms with Gasteiger partial charge in [-0.3, -0.25) is 0 Å². The molecule has 1 unspecified atom stereocenters. The van der Waals surface area contributed by atoms with Crippen LogP contribution in [0, 0.1) is 5.92 Å². The minimum absolute atomic E-state index is 0.253. The van der Waals surface area contributed by atoms with Crippen LogP contribution in [0.1, 0.15) is 52.9 Å². The molecule has 0 amide bonds. The van der Waals surface area contributed by atoms with Gasteiger partial charge < -0.3 is 10.2 Å². The number of nitrogens with one attached hydrogen (secondary N) is 1. The number of rotatable bonds is 5. The van der Waals surface area contributed by atoms with Crippen LogP contribution in [-0.4, -0.2) is 37.1 Å². The Morgan fingerprint density at radius 3 is 2.25 bits per heavy atom. The predicted octanol–water partition coefficient (Wildman–Crippen LogP) is 2.89. The molecule has 1 rings (SSSR count). The molecular weight excluding hydrogens is 196 g/mol. The van der Waals surface area contributed by atoms with Crippen molar-refractivity contribution in [1.82, 2.24) is 10.2 Å². The van der Waals surface area contributed by atoms with E-state index in [1.54, 1.807) is 0 Å². The van der Waals surface area contributed by atoms with Gasteiger partial charge in [0.1, 0.15) is 0 Å². The van der Waals surface area contributed by atoms with Crippen molar-refractivity contribution in [3.05, 3.63) is 0 Å². The number of likely N-dealkylation sites (N-methyl/N-ethyl adjacent to an activating group) is 1. The highest BCUT2D eigenvalue weighted by atomic mass is 15.2. The largest absolute Gasteiger partial charge is 0.312 e. The quantitative estimate of drug-likeness (QED) is 0.775. The minimum atomic E-state index is 0.253. The van der Waals surface area contributed by atoms with Gasteiger partial charge in [0.2, 0.25) is 0 Å². The van der Waals surface area contributed by atoms with Gasteiger partial charge in [0.15, 0.2) is 0 Å². The Labute approximate surface area is 102 Å². The van der Waals surface area contributed by atoms with Crippen molar-refractivity contribution in [2.24, 2.45) is 5.92 Å². The lowest BCUT2D eigenvalue weighted by atomic mass is 9.84. The summed E-state index contributed by atoms with van der Waals surface area (Å²) in [4.78, 5) is 2.30. The average Bonchev–Trinajstić information content (AvgIpc) is 2.27. The molecule has 2 heteroatoms. The van der Waals surface area contributed by atoms with Gasteiger partial charge in [-0.2, -0.15) is 0 Å². The maximum atomic E-state index is 3.73. The van der Waals surface area contributed by atoms with E-state index < -0.39 is 0 Å². The van der Waals surface area contributed by atoms with Crippen molar-refractivity contribution in [3.8, 4) is 0 Å². The Morgan fingerprint density at radius 2 is 1.75 bits per heavy atom. The fraction of sp³-hybridized carbons (Fsp3) is 1.00. The molecule has 0 heterocycles. The summed E-state index contributed by atoms with van der Waals surface area (Å²) in [6.07, 6.45) is 7.18. The van der Waals surface area contributed by atoms with E-state index >= 15 is 0 Å². The first-order chi connectivity index (χ1) is 7.43. The fourth-order valence-electron chi connectivity index (χ4n) is 2.37. The number of hydrogen-bond donors (Lipinski definition) is 1. The Hall–Kier alpha value is -0.0800. The monoisotopic (exact) mass is 226 g/mol. The lowest BCUT2D eigenvalue weighted by Gasteiger charge is -2.36. The molecule has 96 valence electrons. The number of hydrogen-bond acceptors (Lipinski definition) is 2. The molecule has 0 spiro atoms. The van der Waals surface area contributed by atoms with E-state index in [9.17, 15) is 0 Å². The van der Waals surface area contributed by atoms with E-state index in [1.807, 2.05) is 0 Å². The van der Waals surface area contributed by atoms with Gasteiger partial charge in [0.05, 0.1) is 0 Å². The fourth-order valence-corrected chi connectivity index (χ4v) is 2.37. The van der Waals surface area contributed by atoms with Gasteiger partial charge in [0, 0.05) is 18.1 Å². The van der Waals surface area contributed by atoms with E-state index in [-0.39, 0.29) is 5.54 Å². The van der Waals surface area contributed by atoms with Crippen LogP contribution in [0.5, 0.6) is 0 Å². The van der Waals surface area contributed by atoms with Gasteiger partial charge >= 0.3 is 0 Å². The molecule has 1 N–H and O–H groups in total. The van der Waals surface area contributed by atoms with Crippen LogP contribution in [-0.2, 0) is 0 Å². The standard InChI is InChI=1S/C14H30N2/c1-12(13-9-7-6-8-10-13)15-11-14(2,3)16(4)5/h12-13,15H,6-11H2,1-5H3. The summed E-state index contributed by atoms with van der Waals surface area (Å²) in [5, 5.41) is 3.73. The molecular formula is C14H30N2. The number of nitrogens with zero attached hydrogens (tertiary/aromatic N) is 1. The molecule has 1 aliphatic carbocycles. The molecule has 0 aliphatic heterocycles. The average molecular weight is 226 g/mol. The van der Waals surface area contributed by atoms with Gasteiger partial charge in [-0.05, 0) is 53.6 Å². The molecule has 1 fully saturated rings. The first-order valence-electron chi connectivity index (χ1n) is 6.84. The van der Waals surface area contributed by atoms with E-state index in [4.69, 9.17) is 0 Å². The van der Waals surface area contributed by atoms with Gasteiger partial charge in [-0.25, -0.2) is 0 Å². The molecule has 1 aliphatic rings. The Bertz CT molecular complexity index is 193. The normalized spacial score (nSPS) is 21.4. The maximum absolute atomic E-state index is 3.73. The molecule has 2 nitrogen and oxygen atoms in total. The predicted molar refractivity (Wildman–Crippen MR) is 71.8 cm³/mol. The first-order valence-corrected chi connectivity index (χ1v) is 6.84. The highest BCUT2D eigenvalue weighted by Crippen LogP contribution is 2.26. The molecule has 0 bridgehead atoms. The highest BCUT2D eigenvalue weighted by Gasteiger charge is 2.24. The topological polar surface area (TPSA) is 15.3 Å². The van der Waals surface area contributed by atoms with Crippen LogP contribution in [0.3, 0.4) is 0 Å². The Morgan fingerprint density at radius 1 is 1.19 bits per heavy atom. The third kappa shape index (κ3) is 4.06. The molecule has 1 atom stereocenters. The van der Waals surface area contributed by atoms with Crippen molar-refractivity contribution < 1.29 is 0 Å². The van der Waals surface area contributed by atoms with Gasteiger partial charge in [0.25, 0.3) is 0 Å². The van der Waals surface area contributed by atoms with Crippen molar-refractivity contribution in [2.75, 3.05) is 20.6 Å². The van der Waals surface area contributed by atoms with E-state index in [2.05, 4.69) is 45.1 Å². The Balaban J connectivity index is 2.31. The smallest absolute Gasteiger partial charge is 0.0271 e. The van der Waals surface area contributed by atoms with Crippen LogP contribution in [0.2, 0.25) is 0 Å². The van der Waals surface area contributed by atoms with Crippen molar-refractivity contribution >= 4 is 0 Å². The molecule has 0 aromatic rings. The van der Waals surface area contributed by atoms with Crippen LogP contribution in [0.4, 0.5) is 0 Å². The summed E-state index contributed by atoms with van der Waals surface area (Å²) in [6, 6.07) is 0.680. The lowest BCUT2D eigenvalue weighted by molar-refractivity contribution is 0.172. The van der Waals surface area contributed by atoms with E-state index in [0.717, 1.165) is 12.5 Å². The Kier molecular flexibility index (Phi) is 5.26. The zero-order valence-corrected chi connectivity index (χ0v) is 11.8. The first kappa shape index (κ1) is 14.0. The molecule has 0 saturated heterocycles. The minimum Gasteiger partial charge on any atom is -0.312 e. The zero-order valence-electron chi connectivity index (χ0n) is 11.8. The highest BCUT2D eigenvalue weighted by molar-refractivity contribution is 4.83. The SMILES string of the molecule is CC(NCC(C)(C)N(C)C)C1CCCCC1. The van der Waals surface area contributed by atoms with Crippen LogP contribution in [0.15, 0.2) is 0 Å². The van der Waals surface area contributed by atoms with E-state index in [1.165, 1.54) is 32.1 Å². The van der Waals surface area contributed by atoms with E-state index in [0.29, 0.717) is 6.04 Å². The summed E-state index contributed by atoms with van der Waals surface area (Å²) in [6.45, 7) is 8.04. The van der Waals surface area contributed by atoms with Crippen molar-refractivity contribution in [3.63, 3.8) is 0 Å². The van der Waals surface area contributed by atoms with Crippen LogP contribution >= 0.6 is 0 Å². The molecule has 16 heavy (non-hydrogen) atoms. The third-order valence-electron chi connectivity index (χ3n) is 4.42. The molecule has 1 saturated carbocycles.